The van der Waals surface area contributed by atoms with Crippen LogP contribution in [-0.2, 0) is 0 Å². The number of hydrogen-bond acceptors (Lipinski definition) is 2. The molecule has 2 nitrogen and oxygen atoms in total. The summed E-state index contributed by atoms with van der Waals surface area (Å²) in [5, 5.41) is 20.6. The molecule has 0 saturated heterocycles. The molecule has 0 aliphatic heterocycles. The van der Waals surface area contributed by atoms with Gasteiger partial charge in [0.15, 0.2) is 0 Å². The third-order valence-corrected chi connectivity index (χ3v) is 4.91. The Morgan fingerprint density at radius 2 is 1.53 bits per heavy atom. The van der Waals surface area contributed by atoms with Crippen LogP contribution in [0.3, 0.4) is 0 Å². The van der Waals surface area contributed by atoms with E-state index in [2.05, 4.69) is 0 Å². The number of rotatable bonds is 4. The van der Waals surface area contributed by atoms with Crippen molar-refractivity contribution in [2.75, 3.05) is 0 Å². The van der Waals surface area contributed by atoms with E-state index < -0.39 is 11.7 Å². The van der Waals surface area contributed by atoms with Crippen LogP contribution in [0.2, 0.25) is 0 Å². The lowest BCUT2D eigenvalue weighted by Gasteiger charge is -2.37. The molecule has 2 aliphatic carbocycles. The molecule has 2 N–H and O–H groups in total. The van der Waals surface area contributed by atoms with Gasteiger partial charge in [-0.3, -0.25) is 0 Å². The molecule has 1 unspecified atom stereocenters. The van der Waals surface area contributed by atoms with Crippen molar-refractivity contribution in [3.63, 3.8) is 0 Å². The smallest absolute Gasteiger partial charge is 0.0905 e. The first-order chi connectivity index (χ1) is 8.21. The quantitative estimate of drug-likeness (QED) is 0.790. The largest absolute Gasteiger partial charge is 0.390 e. The predicted molar refractivity (Wildman–Crippen MR) is 69.9 cm³/mol. The molecule has 100 valence electrons. The lowest BCUT2D eigenvalue weighted by atomic mass is 9.77. The highest BCUT2D eigenvalue weighted by atomic mass is 16.3. The molecule has 17 heavy (non-hydrogen) atoms. The van der Waals surface area contributed by atoms with Crippen LogP contribution in [0.15, 0.2) is 0 Å². The molecule has 2 aliphatic rings. The van der Waals surface area contributed by atoms with Crippen molar-refractivity contribution in [2.24, 2.45) is 5.92 Å². The molecule has 2 rings (SSSR count). The average Bonchev–Trinajstić information content (AvgIpc) is 2.38. The van der Waals surface area contributed by atoms with Crippen LogP contribution in [0, 0.1) is 5.92 Å². The van der Waals surface area contributed by atoms with E-state index in [9.17, 15) is 10.2 Å². The van der Waals surface area contributed by atoms with Gasteiger partial charge in [-0.2, -0.15) is 0 Å². The second-order valence-corrected chi connectivity index (χ2v) is 6.26. The maximum absolute atomic E-state index is 10.4. The minimum Gasteiger partial charge on any atom is -0.390 e. The van der Waals surface area contributed by atoms with Crippen molar-refractivity contribution in [1.29, 1.82) is 0 Å². The Balaban J connectivity index is 1.73. The predicted octanol–water partition coefficient (Wildman–Crippen LogP) is 3.40. The fraction of sp³-hybridized carbons (Fsp3) is 1.00. The molecule has 0 aromatic rings. The molecule has 1 atom stereocenters. The maximum atomic E-state index is 10.4. The van der Waals surface area contributed by atoms with Crippen molar-refractivity contribution in [1.82, 2.24) is 0 Å². The highest BCUT2D eigenvalue weighted by Crippen LogP contribution is 2.34. The summed E-state index contributed by atoms with van der Waals surface area (Å²) < 4.78 is 0. The summed E-state index contributed by atoms with van der Waals surface area (Å²) in [4.78, 5) is 0. The lowest BCUT2D eigenvalue weighted by Crippen LogP contribution is -2.44. The van der Waals surface area contributed by atoms with Crippen molar-refractivity contribution < 1.29 is 10.2 Å². The van der Waals surface area contributed by atoms with Gasteiger partial charge < -0.3 is 10.2 Å². The normalized spacial score (nSPS) is 27.9. The van der Waals surface area contributed by atoms with Crippen LogP contribution in [0.1, 0.15) is 77.0 Å². The van der Waals surface area contributed by atoms with E-state index in [0.717, 1.165) is 44.4 Å². The molecule has 2 fully saturated rings. The fourth-order valence-corrected chi connectivity index (χ4v) is 3.64. The topological polar surface area (TPSA) is 40.5 Å². The van der Waals surface area contributed by atoms with Crippen molar-refractivity contribution in [2.45, 2.75) is 88.8 Å². The standard InChI is InChI=1S/C15H28O2/c16-14(15(17)11-5-2-6-12-15)10-9-13-7-3-1-4-8-13/h13-14,16-17H,1-12H2. The summed E-state index contributed by atoms with van der Waals surface area (Å²) in [6, 6.07) is 0. The molecule has 0 aromatic carbocycles. The van der Waals surface area contributed by atoms with E-state index in [-0.39, 0.29) is 0 Å². The average molecular weight is 240 g/mol. The van der Waals surface area contributed by atoms with Gasteiger partial charge in [0, 0.05) is 0 Å². The first kappa shape index (κ1) is 13.4. The summed E-state index contributed by atoms with van der Waals surface area (Å²) in [6.45, 7) is 0. The monoisotopic (exact) mass is 240 g/mol. The molecule has 2 saturated carbocycles. The van der Waals surface area contributed by atoms with Crippen molar-refractivity contribution in [3.05, 3.63) is 0 Å². The zero-order valence-electron chi connectivity index (χ0n) is 11.0. The molecular formula is C15H28O2. The van der Waals surface area contributed by atoms with Gasteiger partial charge in [0.1, 0.15) is 0 Å². The molecular weight excluding hydrogens is 212 g/mol. The minimum absolute atomic E-state index is 0.482. The van der Waals surface area contributed by atoms with Gasteiger partial charge in [0.25, 0.3) is 0 Å². The van der Waals surface area contributed by atoms with Crippen molar-refractivity contribution >= 4 is 0 Å². The Kier molecular flexibility index (Phi) is 4.87. The second-order valence-electron chi connectivity index (χ2n) is 6.26. The number of hydrogen-bond donors (Lipinski definition) is 2. The Morgan fingerprint density at radius 1 is 0.941 bits per heavy atom. The van der Waals surface area contributed by atoms with Crippen LogP contribution in [-0.4, -0.2) is 21.9 Å². The van der Waals surface area contributed by atoms with E-state index in [4.69, 9.17) is 0 Å². The van der Waals surface area contributed by atoms with Crippen LogP contribution in [0.5, 0.6) is 0 Å². The first-order valence-electron chi connectivity index (χ1n) is 7.61. The molecule has 0 spiro atoms. The van der Waals surface area contributed by atoms with Gasteiger partial charge in [0.05, 0.1) is 11.7 Å². The Morgan fingerprint density at radius 3 is 2.18 bits per heavy atom. The first-order valence-corrected chi connectivity index (χ1v) is 7.61. The van der Waals surface area contributed by atoms with Gasteiger partial charge >= 0.3 is 0 Å². The Bertz CT molecular complexity index is 215. The summed E-state index contributed by atoms with van der Waals surface area (Å²) in [5.74, 6) is 0.811. The molecule has 0 radical (unpaired) electrons. The van der Waals surface area contributed by atoms with Gasteiger partial charge in [-0.05, 0) is 31.6 Å². The zero-order valence-corrected chi connectivity index (χ0v) is 11.0. The summed E-state index contributed by atoms with van der Waals surface area (Å²) in [6.07, 6.45) is 13.2. The van der Waals surface area contributed by atoms with Crippen LogP contribution >= 0.6 is 0 Å². The molecule has 0 amide bonds. The number of aliphatic hydroxyl groups excluding tert-OH is 1. The van der Waals surface area contributed by atoms with Gasteiger partial charge in [0.2, 0.25) is 0 Å². The van der Waals surface area contributed by atoms with E-state index >= 15 is 0 Å². The summed E-state index contributed by atoms with van der Waals surface area (Å²) in [7, 11) is 0. The molecule has 0 aromatic heterocycles. The summed E-state index contributed by atoms with van der Waals surface area (Å²) in [5.41, 5.74) is -0.757. The maximum Gasteiger partial charge on any atom is 0.0905 e. The fourth-order valence-electron chi connectivity index (χ4n) is 3.64. The van der Waals surface area contributed by atoms with E-state index in [0.29, 0.717) is 0 Å². The van der Waals surface area contributed by atoms with Crippen LogP contribution in [0.25, 0.3) is 0 Å². The third kappa shape index (κ3) is 3.69. The van der Waals surface area contributed by atoms with E-state index in [1.807, 2.05) is 0 Å². The van der Waals surface area contributed by atoms with E-state index in [1.54, 1.807) is 0 Å². The van der Waals surface area contributed by atoms with Crippen LogP contribution in [0.4, 0.5) is 0 Å². The van der Waals surface area contributed by atoms with Gasteiger partial charge in [-0.1, -0.05) is 51.4 Å². The zero-order chi connectivity index (χ0) is 12.1. The van der Waals surface area contributed by atoms with Gasteiger partial charge in [-0.25, -0.2) is 0 Å². The molecule has 0 bridgehead atoms. The second kappa shape index (κ2) is 6.19. The third-order valence-electron chi connectivity index (χ3n) is 4.91. The number of aliphatic hydroxyl groups is 2. The van der Waals surface area contributed by atoms with Gasteiger partial charge in [-0.15, -0.1) is 0 Å². The Labute approximate surface area is 105 Å². The molecule has 2 heteroatoms. The minimum atomic E-state index is -0.757. The highest BCUT2D eigenvalue weighted by molar-refractivity contribution is 4.89. The SMILES string of the molecule is OC(CCC1CCCCC1)C1(O)CCCCC1. The highest BCUT2D eigenvalue weighted by Gasteiger charge is 2.36. The molecule has 0 heterocycles. The van der Waals surface area contributed by atoms with Crippen LogP contribution < -0.4 is 0 Å². The lowest BCUT2D eigenvalue weighted by molar-refractivity contribution is -0.101. The van der Waals surface area contributed by atoms with Crippen molar-refractivity contribution in [3.8, 4) is 0 Å². The Hall–Kier alpha value is -0.0800. The van der Waals surface area contributed by atoms with E-state index in [1.165, 1.54) is 38.5 Å². The summed E-state index contributed by atoms with van der Waals surface area (Å²) >= 11 is 0.